The van der Waals surface area contributed by atoms with Gasteiger partial charge in [0.15, 0.2) is 0 Å². The van der Waals surface area contributed by atoms with Crippen LogP contribution in [0, 0.1) is 5.92 Å². The van der Waals surface area contributed by atoms with E-state index in [9.17, 15) is 9.59 Å². The largest absolute Gasteiger partial charge is 0.492 e. The quantitative estimate of drug-likeness (QED) is 0.461. The number of nitrogens with zero attached hydrogens (tertiary/aromatic N) is 2. The van der Waals surface area contributed by atoms with E-state index >= 15 is 0 Å². The number of hydrogen-bond donors (Lipinski definition) is 2. The molecule has 0 unspecified atom stereocenters. The predicted molar refractivity (Wildman–Crippen MR) is 131 cm³/mol. The molecule has 2 amide bonds. The molecule has 3 aromatic rings. The number of carbonyl (C=O) groups is 2. The third-order valence-electron chi connectivity index (χ3n) is 5.03. The van der Waals surface area contributed by atoms with Gasteiger partial charge in [0, 0.05) is 41.6 Å². The van der Waals surface area contributed by atoms with Crippen molar-refractivity contribution >= 4 is 34.3 Å². The van der Waals surface area contributed by atoms with Crippen molar-refractivity contribution in [3.63, 3.8) is 0 Å². The molecule has 176 valence electrons. The maximum atomic E-state index is 12.6. The van der Waals surface area contributed by atoms with Gasteiger partial charge in [-0.3, -0.25) is 0 Å². The predicted octanol–water partition coefficient (Wildman–Crippen LogP) is 4.67. The molecule has 3 rings (SSSR count). The van der Waals surface area contributed by atoms with Crippen LogP contribution in [0.15, 0.2) is 48.7 Å². The van der Waals surface area contributed by atoms with Gasteiger partial charge in [0.25, 0.3) is 0 Å². The second-order valence-corrected chi connectivity index (χ2v) is 8.57. The normalized spacial score (nSPS) is 11.1. The van der Waals surface area contributed by atoms with Crippen molar-refractivity contribution in [1.82, 2.24) is 9.47 Å². The van der Waals surface area contributed by atoms with Crippen LogP contribution >= 0.6 is 0 Å². The Hall–Kier alpha value is -3.52. The molecule has 0 atom stereocenters. The fourth-order valence-corrected chi connectivity index (χ4v) is 3.33. The first-order valence-corrected chi connectivity index (χ1v) is 10.9. The summed E-state index contributed by atoms with van der Waals surface area (Å²) in [5.74, 6) is 0.203. The molecule has 1 aromatic heterocycles. The number of carbonyl (C=O) groups excluding carboxylic acids is 2. The summed E-state index contributed by atoms with van der Waals surface area (Å²) in [7, 11) is 5.41. The smallest absolute Gasteiger partial charge is 0.341 e. The molecule has 0 radical (unpaired) electrons. The zero-order valence-electron chi connectivity index (χ0n) is 19.8. The van der Waals surface area contributed by atoms with E-state index in [0.717, 1.165) is 24.0 Å². The molecule has 0 bridgehead atoms. The number of methoxy groups -OCH3 is 1. The molecule has 0 aliphatic carbocycles. The molecule has 2 aromatic carbocycles. The number of likely N-dealkylation sites (N-methyl/N-ethyl adjacent to an activating group) is 1. The first kappa shape index (κ1) is 24.1. The van der Waals surface area contributed by atoms with Crippen LogP contribution in [0.25, 0.3) is 10.9 Å². The zero-order chi connectivity index (χ0) is 24.0. The van der Waals surface area contributed by atoms with Crippen LogP contribution in [0.5, 0.6) is 5.75 Å². The summed E-state index contributed by atoms with van der Waals surface area (Å²) in [4.78, 5) is 26.9. The van der Waals surface area contributed by atoms with Gasteiger partial charge in [-0.2, -0.15) is 0 Å². The SMILES string of the molecule is COC(=O)c1cc(NC(=O)Nc2ccc3c(ccn3CCN(C)C)c2)ccc1OCC(C)C. The fraction of sp³-hybridized carbons (Fsp3) is 0.360. The summed E-state index contributed by atoms with van der Waals surface area (Å²) in [5.41, 5.74) is 2.51. The van der Waals surface area contributed by atoms with E-state index in [-0.39, 0.29) is 5.56 Å². The molecular formula is C25H32N4O4. The Morgan fingerprint density at radius 1 is 1.03 bits per heavy atom. The van der Waals surface area contributed by atoms with Crippen molar-refractivity contribution in [3.05, 3.63) is 54.2 Å². The number of ether oxygens (including phenoxy) is 2. The second kappa shape index (κ2) is 10.9. The molecule has 8 heteroatoms. The highest BCUT2D eigenvalue weighted by atomic mass is 16.5. The minimum Gasteiger partial charge on any atom is -0.492 e. The maximum absolute atomic E-state index is 12.6. The van der Waals surface area contributed by atoms with Gasteiger partial charge in [-0.05, 0) is 62.5 Å². The van der Waals surface area contributed by atoms with Gasteiger partial charge in [-0.15, -0.1) is 0 Å². The van der Waals surface area contributed by atoms with E-state index in [2.05, 4.69) is 26.3 Å². The van der Waals surface area contributed by atoms with Gasteiger partial charge in [0.05, 0.1) is 13.7 Å². The standard InChI is InChI=1S/C25H32N4O4/c1-17(2)16-33-23-9-7-20(15-21(23)24(30)32-5)27-25(31)26-19-6-8-22-18(14-19)10-11-29(22)13-12-28(3)4/h6-11,14-15,17H,12-13,16H2,1-5H3,(H2,26,27,31). The first-order chi connectivity index (χ1) is 15.8. The molecule has 8 nitrogen and oxygen atoms in total. The number of urea groups is 1. The molecular weight excluding hydrogens is 420 g/mol. The van der Waals surface area contributed by atoms with E-state index in [1.54, 1.807) is 18.2 Å². The van der Waals surface area contributed by atoms with Gasteiger partial charge in [-0.1, -0.05) is 13.8 Å². The van der Waals surface area contributed by atoms with Crippen molar-refractivity contribution < 1.29 is 19.1 Å². The van der Waals surface area contributed by atoms with Crippen LogP contribution in [-0.2, 0) is 11.3 Å². The van der Waals surface area contributed by atoms with Crippen LogP contribution in [0.1, 0.15) is 24.2 Å². The third-order valence-corrected chi connectivity index (χ3v) is 5.03. The van der Waals surface area contributed by atoms with Crippen molar-refractivity contribution in [3.8, 4) is 5.75 Å². The Labute approximate surface area is 194 Å². The van der Waals surface area contributed by atoms with Crippen LogP contribution < -0.4 is 15.4 Å². The number of nitrogens with one attached hydrogen (secondary N) is 2. The van der Waals surface area contributed by atoms with E-state index < -0.39 is 12.0 Å². The van der Waals surface area contributed by atoms with Gasteiger partial charge in [0.2, 0.25) is 0 Å². The first-order valence-electron chi connectivity index (χ1n) is 10.9. The highest BCUT2D eigenvalue weighted by Crippen LogP contribution is 2.25. The topological polar surface area (TPSA) is 84.8 Å². The van der Waals surface area contributed by atoms with E-state index in [1.807, 2.05) is 52.2 Å². The Morgan fingerprint density at radius 2 is 1.73 bits per heavy atom. The highest BCUT2D eigenvalue weighted by Gasteiger charge is 2.16. The van der Waals surface area contributed by atoms with Gasteiger partial charge < -0.3 is 29.6 Å². The Kier molecular flexibility index (Phi) is 7.95. The van der Waals surface area contributed by atoms with E-state index in [0.29, 0.717) is 29.6 Å². The number of amides is 2. The lowest BCUT2D eigenvalue weighted by Crippen LogP contribution is -2.20. The van der Waals surface area contributed by atoms with Crippen LogP contribution in [-0.4, -0.2) is 55.8 Å². The van der Waals surface area contributed by atoms with Gasteiger partial charge in [0.1, 0.15) is 11.3 Å². The number of aromatic nitrogens is 1. The summed E-state index contributed by atoms with van der Waals surface area (Å²) in [6.45, 7) is 6.35. The lowest BCUT2D eigenvalue weighted by atomic mass is 10.1. The number of hydrogen-bond acceptors (Lipinski definition) is 5. The maximum Gasteiger partial charge on any atom is 0.341 e. The molecule has 0 spiro atoms. The average molecular weight is 453 g/mol. The summed E-state index contributed by atoms with van der Waals surface area (Å²) < 4.78 is 12.8. The lowest BCUT2D eigenvalue weighted by molar-refractivity contribution is 0.0595. The van der Waals surface area contributed by atoms with E-state index in [4.69, 9.17) is 9.47 Å². The Morgan fingerprint density at radius 3 is 2.39 bits per heavy atom. The Balaban J connectivity index is 1.69. The summed E-state index contributed by atoms with van der Waals surface area (Å²) in [6.07, 6.45) is 2.05. The minimum atomic E-state index is -0.526. The van der Waals surface area contributed by atoms with Crippen LogP contribution in [0.2, 0.25) is 0 Å². The summed E-state index contributed by atoms with van der Waals surface area (Å²) >= 11 is 0. The summed E-state index contributed by atoms with van der Waals surface area (Å²) in [5, 5.41) is 6.66. The number of benzene rings is 2. The lowest BCUT2D eigenvalue weighted by Gasteiger charge is -2.14. The second-order valence-electron chi connectivity index (χ2n) is 8.57. The van der Waals surface area contributed by atoms with Crippen molar-refractivity contribution in [2.75, 3.05) is 45.0 Å². The highest BCUT2D eigenvalue weighted by molar-refractivity contribution is 6.02. The monoisotopic (exact) mass is 452 g/mol. The van der Waals surface area contributed by atoms with E-state index in [1.165, 1.54) is 7.11 Å². The number of esters is 1. The van der Waals surface area contributed by atoms with Crippen molar-refractivity contribution in [1.29, 1.82) is 0 Å². The van der Waals surface area contributed by atoms with Crippen LogP contribution in [0.3, 0.4) is 0 Å². The molecule has 1 heterocycles. The van der Waals surface area contributed by atoms with Gasteiger partial charge >= 0.3 is 12.0 Å². The summed E-state index contributed by atoms with van der Waals surface area (Å²) in [6, 6.07) is 12.3. The number of rotatable bonds is 9. The Bertz CT molecular complexity index is 1120. The van der Waals surface area contributed by atoms with Crippen molar-refractivity contribution in [2.45, 2.75) is 20.4 Å². The molecule has 2 N–H and O–H groups in total. The number of anilines is 2. The zero-order valence-corrected chi connectivity index (χ0v) is 19.8. The number of fused-ring (bicyclic) bond motifs is 1. The molecule has 0 fully saturated rings. The molecule has 0 aliphatic rings. The molecule has 0 aliphatic heterocycles. The molecule has 0 saturated heterocycles. The van der Waals surface area contributed by atoms with Crippen molar-refractivity contribution in [2.24, 2.45) is 5.92 Å². The molecule has 33 heavy (non-hydrogen) atoms. The average Bonchev–Trinajstić information content (AvgIpc) is 3.18. The van der Waals surface area contributed by atoms with Crippen LogP contribution in [0.4, 0.5) is 16.2 Å². The minimum absolute atomic E-state index is 0.261. The van der Waals surface area contributed by atoms with Gasteiger partial charge in [-0.25, -0.2) is 9.59 Å². The molecule has 0 saturated carbocycles. The third kappa shape index (κ3) is 6.49. The fourth-order valence-electron chi connectivity index (χ4n) is 3.33.